The van der Waals surface area contributed by atoms with Crippen molar-refractivity contribution in [3.8, 4) is 0 Å². The van der Waals surface area contributed by atoms with E-state index in [1.807, 2.05) is 0 Å². The Morgan fingerprint density at radius 2 is 1.71 bits per heavy atom. The molecule has 1 N–H and O–H groups in total. The molecule has 24 heavy (non-hydrogen) atoms. The van der Waals surface area contributed by atoms with Crippen LogP contribution in [0.3, 0.4) is 0 Å². The molecule has 134 valence electrons. The van der Waals surface area contributed by atoms with E-state index in [1.54, 1.807) is 19.1 Å². The Balaban J connectivity index is 2.01. The molecule has 1 aromatic carbocycles. The number of nitrogens with zero attached hydrogens (tertiary/aromatic N) is 1. The Hall–Kier alpha value is -1.12. The van der Waals surface area contributed by atoms with Gasteiger partial charge in [-0.25, -0.2) is 8.42 Å². The molecular formula is C16H21F3N2O2S. The number of sulfonamides is 1. The summed E-state index contributed by atoms with van der Waals surface area (Å²) in [6.07, 6.45) is -3.64. The van der Waals surface area contributed by atoms with Gasteiger partial charge in [0, 0.05) is 6.54 Å². The van der Waals surface area contributed by atoms with E-state index in [4.69, 9.17) is 0 Å². The van der Waals surface area contributed by atoms with Crippen molar-refractivity contribution in [2.45, 2.75) is 43.3 Å². The smallest absolute Gasteiger partial charge is 0.317 e. The highest BCUT2D eigenvalue weighted by Gasteiger charge is 2.62. The van der Waals surface area contributed by atoms with Crippen LogP contribution < -0.4 is 5.32 Å². The number of nitrogens with one attached hydrogen (secondary N) is 1. The third-order valence-corrected chi connectivity index (χ3v) is 7.11. The highest BCUT2D eigenvalue weighted by atomic mass is 32.2. The normalized spacial score (nSPS) is 25.2. The number of alkyl halides is 3. The molecule has 0 radical (unpaired) electrons. The van der Waals surface area contributed by atoms with Crippen LogP contribution >= 0.6 is 0 Å². The third-order valence-electron chi connectivity index (χ3n) is 5.24. The van der Waals surface area contributed by atoms with Gasteiger partial charge in [0.25, 0.3) is 0 Å². The highest BCUT2D eigenvalue weighted by Crippen LogP contribution is 2.51. The van der Waals surface area contributed by atoms with Crippen molar-refractivity contribution in [1.82, 2.24) is 9.62 Å². The minimum atomic E-state index is -4.58. The molecule has 0 amide bonds. The van der Waals surface area contributed by atoms with Gasteiger partial charge in [-0.1, -0.05) is 17.7 Å². The second kappa shape index (κ2) is 6.00. The van der Waals surface area contributed by atoms with E-state index < -0.39 is 27.7 Å². The second-order valence-electron chi connectivity index (χ2n) is 6.74. The standard InChI is InChI=1S/C16H21F3N2O2S/c1-12-2-4-13(5-3-12)24(22,23)21-11-8-15(6-9-20-10-7-15)14(21)16(17,18)19/h2-5,14,20H,6-11H2,1H3. The molecule has 1 atom stereocenters. The van der Waals surface area contributed by atoms with Gasteiger partial charge < -0.3 is 5.32 Å². The van der Waals surface area contributed by atoms with Crippen molar-refractivity contribution < 1.29 is 21.6 Å². The lowest BCUT2D eigenvalue weighted by molar-refractivity contribution is -0.192. The molecule has 2 heterocycles. The van der Waals surface area contributed by atoms with E-state index in [9.17, 15) is 21.6 Å². The SMILES string of the molecule is Cc1ccc(S(=O)(=O)N2CCC3(CCNCC3)C2C(F)(F)F)cc1. The summed E-state index contributed by atoms with van der Waals surface area (Å²) in [5.74, 6) is 0. The van der Waals surface area contributed by atoms with E-state index in [-0.39, 0.29) is 17.9 Å². The molecule has 4 nitrogen and oxygen atoms in total. The molecular weight excluding hydrogens is 341 g/mol. The quantitative estimate of drug-likeness (QED) is 0.880. The van der Waals surface area contributed by atoms with Gasteiger partial charge in [0.15, 0.2) is 0 Å². The average Bonchev–Trinajstić information content (AvgIpc) is 2.88. The first-order valence-corrected chi connectivity index (χ1v) is 9.47. The van der Waals surface area contributed by atoms with Gasteiger partial charge >= 0.3 is 6.18 Å². The fourth-order valence-electron chi connectivity index (χ4n) is 3.97. The zero-order chi connectivity index (χ0) is 17.6. The topological polar surface area (TPSA) is 49.4 Å². The number of hydrogen-bond acceptors (Lipinski definition) is 3. The van der Waals surface area contributed by atoms with Gasteiger partial charge in [0.2, 0.25) is 10.0 Å². The molecule has 1 unspecified atom stereocenters. The van der Waals surface area contributed by atoms with Gasteiger partial charge in [-0.3, -0.25) is 0 Å². The maximum Gasteiger partial charge on any atom is 0.405 e. The second-order valence-corrected chi connectivity index (χ2v) is 8.63. The van der Waals surface area contributed by atoms with E-state index in [1.165, 1.54) is 12.1 Å². The number of rotatable bonds is 2. The summed E-state index contributed by atoms with van der Waals surface area (Å²) in [4.78, 5) is -0.0756. The predicted octanol–water partition coefficient (Wildman–Crippen LogP) is 2.69. The maximum atomic E-state index is 13.8. The minimum absolute atomic E-state index is 0.0756. The molecule has 1 spiro atoms. The molecule has 2 aliphatic rings. The van der Waals surface area contributed by atoms with Crippen LogP contribution in [0.25, 0.3) is 0 Å². The predicted molar refractivity (Wildman–Crippen MR) is 84.1 cm³/mol. The van der Waals surface area contributed by atoms with Crippen LogP contribution in [-0.2, 0) is 10.0 Å². The van der Waals surface area contributed by atoms with E-state index >= 15 is 0 Å². The van der Waals surface area contributed by atoms with Crippen molar-refractivity contribution in [1.29, 1.82) is 0 Å². The first kappa shape index (κ1) is 17.7. The van der Waals surface area contributed by atoms with Gasteiger partial charge in [0.05, 0.1) is 4.90 Å². The first-order chi connectivity index (χ1) is 11.2. The average molecular weight is 362 g/mol. The summed E-state index contributed by atoms with van der Waals surface area (Å²) in [6.45, 7) is 2.70. The molecule has 0 aliphatic carbocycles. The highest BCUT2D eigenvalue weighted by molar-refractivity contribution is 7.89. The van der Waals surface area contributed by atoms with Crippen molar-refractivity contribution in [3.63, 3.8) is 0 Å². The Morgan fingerprint density at radius 1 is 1.12 bits per heavy atom. The Morgan fingerprint density at radius 3 is 2.25 bits per heavy atom. The zero-order valence-electron chi connectivity index (χ0n) is 13.4. The number of halogens is 3. The van der Waals surface area contributed by atoms with E-state index in [2.05, 4.69) is 5.32 Å². The largest absolute Gasteiger partial charge is 0.405 e. The fraction of sp³-hybridized carbons (Fsp3) is 0.625. The summed E-state index contributed by atoms with van der Waals surface area (Å²) in [5, 5.41) is 3.06. The van der Waals surface area contributed by atoms with Crippen molar-refractivity contribution in [2.75, 3.05) is 19.6 Å². The maximum absolute atomic E-state index is 13.8. The number of aryl methyl sites for hydroxylation is 1. The lowest BCUT2D eigenvalue weighted by Crippen LogP contribution is -2.54. The van der Waals surface area contributed by atoms with Gasteiger partial charge in [-0.05, 0) is 56.8 Å². The Kier molecular flexibility index (Phi) is 4.42. The van der Waals surface area contributed by atoms with Crippen molar-refractivity contribution >= 4 is 10.0 Å². The van der Waals surface area contributed by atoms with Crippen LogP contribution in [0.5, 0.6) is 0 Å². The molecule has 8 heteroatoms. The molecule has 1 aromatic rings. The van der Waals surface area contributed by atoms with E-state index in [0.29, 0.717) is 30.2 Å². The summed E-state index contributed by atoms with van der Waals surface area (Å²) in [6, 6.07) is 4.02. The van der Waals surface area contributed by atoms with Gasteiger partial charge in [-0.15, -0.1) is 0 Å². The van der Waals surface area contributed by atoms with Gasteiger partial charge in [0.1, 0.15) is 6.04 Å². The Bertz CT molecular complexity index is 695. The van der Waals surface area contributed by atoms with Crippen LogP contribution in [0.2, 0.25) is 0 Å². The van der Waals surface area contributed by atoms with Crippen LogP contribution in [0.15, 0.2) is 29.2 Å². The summed E-state index contributed by atoms with van der Waals surface area (Å²) in [5.41, 5.74) is -0.154. The van der Waals surface area contributed by atoms with Crippen LogP contribution in [0.1, 0.15) is 24.8 Å². The third kappa shape index (κ3) is 2.95. The molecule has 2 aliphatic heterocycles. The molecule has 0 aromatic heterocycles. The van der Waals surface area contributed by atoms with E-state index in [0.717, 1.165) is 5.56 Å². The molecule has 3 rings (SSSR count). The number of benzene rings is 1. The van der Waals surface area contributed by atoms with Crippen LogP contribution in [0, 0.1) is 12.3 Å². The number of hydrogen-bond donors (Lipinski definition) is 1. The van der Waals surface area contributed by atoms with Crippen molar-refractivity contribution in [3.05, 3.63) is 29.8 Å². The zero-order valence-corrected chi connectivity index (χ0v) is 14.3. The monoisotopic (exact) mass is 362 g/mol. The molecule has 0 saturated carbocycles. The van der Waals surface area contributed by atoms with Crippen LogP contribution in [-0.4, -0.2) is 44.6 Å². The summed E-state index contributed by atoms with van der Waals surface area (Å²) < 4.78 is 67.8. The lowest BCUT2D eigenvalue weighted by atomic mass is 9.72. The molecule has 0 bridgehead atoms. The van der Waals surface area contributed by atoms with Gasteiger partial charge in [-0.2, -0.15) is 17.5 Å². The minimum Gasteiger partial charge on any atom is -0.317 e. The summed E-state index contributed by atoms with van der Waals surface area (Å²) >= 11 is 0. The first-order valence-electron chi connectivity index (χ1n) is 8.03. The van der Waals surface area contributed by atoms with Crippen molar-refractivity contribution in [2.24, 2.45) is 5.41 Å². The summed E-state index contributed by atoms with van der Waals surface area (Å²) in [7, 11) is -4.17. The lowest BCUT2D eigenvalue weighted by Gasteiger charge is -2.41. The number of piperidine rings is 1. The Labute approximate surface area is 140 Å². The molecule has 2 saturated heterocycles. The van der Waals surface area contributed by atoms with Crippen LogP contribution in [0.4, 0.5) is 13.2 Å². The molecule has 2 fully saturated rings. The fourth-order valence-corrected chi connectivity index (χ4v) is 5.67.